The third-order valence-electron chi connectivity index (χ3n) is 6.19. The summed E-state index contributed by atoms with van der Waals surface area (Å²) < 4.78 is 27.6. The summed E-state index contributed by atoms with van der Waals surface area (Å²) in [6.07, 6.45) is 1.74. The van der Waals surface area contributed by atoms with E-state index in [-0.39, 0.29) is 36.6 Å². The minimum atomic E-state index is -4.02. The maximum atomic E-state index is 13.2. The zero-order valence-electron chi connectivity index (χ0n) is 16.3. The molecule has 2 aromatic rings. The van der Waals surface area contributed by atoms with Crippen molar-refractivity contribution < 1.29 is 18.4 Å². The SMILES string of the molecule is C=CCN1[C@H](CO)[C@H](c2ccccc2)C12CN(S(=O)(=O)c1ccccc1[N+](=O)[O-])C2. The number of hydrogen-bond acceptors (Lipinski definition) is 6. The molecule has 0 amide bonds. The molecule has 0 unspecified atom stereocenters. The van der Waals surface area contributed by atoms with Gasteiger partial charge in [-0.1, -0.05) is 48.5 Å². The van der Waals surface area contributed by atoms with E-state index in [0.717, 1.165) is 5.56 Å². The number of aliphatic hydroxyl groups is 1. The zero-order valence-corrected chi connectivity index (χ0v) is 17.1. The van der Waals surface area contributed by atoms with Gasteiger partial charge in [0.25, 0.3) is 5.69 Å². The van der Waals surface area contributed by atoms with Gasteiger partial charge in [0.1, 0.15) is 0 Å². The van der Waals surface area contributed by atoms with Gasteiger partial charge < -0.3 is 5.11 Å². The predicted molar refractivity (Wildman–Crippen MR) is 112 cm³/mol. The molecule has 2 aliphatic rings. The van der Waals surface area contributed by atoms with Crippen molar-refractivity contribution >= 4 is 15.7 Å². The molecule has 2 heterocycles. The molecule has 9 heteroatoms. The molecule has 30 heavy (non-hydrogen) atoms. The average molecular weight is 429 g/mol. The van der Waals surface area contributed by atoms with Crippen molar-refractivity contribution in [3.05, 3.63) is 82.9 Å². The van der Waals surface area contributed by atoms with E-state index in [1.54, 1.807) is 6.08 Å². The second-order valence-electron chi connectivity index (χ2n) is 7.68. The minimum absolute atomic E-state index is 0.0409. The molecule has 4 rings (SSSR count). The van der Waals surface area contributed by atoms with Crippen molar-refractivity contribution in [2.24, 2.45) is 0 Å². The van der Waals surface area contributed by atoms with Gasteiger partial charge in [-0.25, -0.2) is 8.42 Å². The first kappa shape index (κ1) is 20.7. The Morgan fingerprint density at radius 1 is 1.17 bits per heavy atom. The summed E-state index contributed by atoms with van der Waals surface area (Å²) in [5.74, 6) is -0.0409. The van der Waals surface area contributed by atoms with E-state index in [1.165, 1.54) is 28.6 Å². The highest BCUT2D eigenvalue weighted by Gasteiger charge is 2.67. The smallest absolute Gasteiger partial charge is 0.289 e. The van der Waals surface area contributed by atoms with E-state index in [2.05, 4.69) is 11.5 Å². The standard InChI is InChI=1S/C21H23N3O5S/c1-2-12-23-18(13-25)20(16-8-4-3-5-9-16)21(23)14-22(15-21)30(28,29)19-11-7-6-10-17(19)24(26)27/h2-11,18,20,25H,1,12-15H2/t18-,20+/m1/s1. The van der Waals surface area contributed by atoms with Crippen LogP contribution in [0.5, 0.6) is 0 Å². The van der Waals surface area contributed by atoms with Gasteiger partial charge in [0.05, 0.1) is 17.1 Å². The Kier molecular flexibility index (Phi) is 5.23. The van der Waals surface area contributed by atoms with Gasteiger partial charge in [0, 0.05) is 37.7 Å². The molecule has 2 saturated heterocycles. The molecule has 2 atom stereocenters. The number of nitrogens with zero attached hydrogens (tertiary/aromatic N) is 3. The zero-order chi connectivity index (χ0) is 21.5. The van der Waals surface area contributed by atoms with Crippen molar-refractivity contribution in [2.75, 3.05) is 26.2 Å². The van der Waals surface area contributed by atoms with Crippen molar-refractivity contribution in [3.63, 3.8) is 0 Å². The van der Waals surface area contributed by atoms with Gasteiger partial charge in [-0.3, -0.25) is 15.0 Å². The van der Waals surface area contributed by atoms with E-state index >= 15 is 0 Å². The molecule has 0 saturated carbocycles. The van der Waals surface area contributed by atoms with Crippen LogP contribution in [-0.4, -0.2) is 65.5 Å². The van der Waals surface area contributed by atoms with E-state index < -0.39 is 26.2 Å². The summed E-state index contributed by atoms with van der Waals surface area (Å²) in [5.41, 5.74) is 0.141. The summed E-state index contributed by atoms with van der Waals surface area (Å²) in [7, 11) is -4.02. The maximum Gasteiger partial charge on any atom is 0.289 e. The Balaban J connectivity index is 1.67. The number of para-hydroxylation sites is 1. The minimum Gasteiger partial charge on any atom is -0.395 e. The molecule has 1 N–H and O–H groups in total. The Labute approximate surface area is 175 Å². The van der Waals surface area contributed by atoms with Gasteiger partial charge in [0.2, 0.25) is 10.0 Å². The van der Waals surface area contributed by atoms with Crippen LogP contribution in [0.3, 0.4) is 0 Å². The van der Waals surface area contributed by atoms with Crippen molar-refractivity contribution in [3.8, 4) is 0 Å². The first-order chi connectivity index (χ1) is 14.4. The summed E-state index contributed by atoms with van der Waals surface area (Å²) in [5, 5.41) is 21.3. The highest BCUT2D eigenvalue weighted by molar-refractivity contribution is 7.89. The second-order valence-corrected chi connectivity index (χ2v) is 9.59. The van der Waals surface area contributed by atoms with Crippen molar-refractivity contribution in [1.29, 1.82) is 0 Å². The Bertz CT molecular complexity index is 1070. The number of sulfonamides is 1. The number of likely N-dealkylation sites (tertiary alicyclic amines) is 1. The Morgan fingerprint density at radius 3 is 2.40 bits per heavy atom. The molecule has 0 aromatic heterocycles. The van der Waals surface area contributed by atoms with Crippen LogP contribution in [0, 0.1) is 10.1 Å². The highest BCUT2D eigenvalue weighted by Crippen LogP contribution is 2.54. The maximum absolute atomic E-state index is 13.2. The summed E-state index contributed by atoms with van der Waals surface area (Å²) in [6.45, 7) is 4.66. The molecule has 8 nitrogen and oxygen atoms in total. The molecule has 0 aliphatic carbocycles. The third kappa shape index (κ3) is 2.97. The van der Waals surface area contributed by atoms with E-state index in [4.69, 9.17) is 0 Å². The predicted octanol–water partition coefficient (Wildman–Crippen LogP) is 1.98. The molecular formula is C21H23N3O5S. The van der Waals surface area contributed by atoms with Crippen LogP contribution in [0.25, 0.3) is 0 Å². The van der Waals surface area contributed by atoms with Gasteiger partial charge in [-0.2, -0.15) is 4.31 Å². The lowest BCUT2D eigenvalue weighted by Crippen LogP contribution is -2.84. The molecule has 2 aliphatic heterocycles. The quantitative estimate of drug-likeness (QED) is 0.410. The van der Waals surface area contributed by atoms with Gasteiger partial charge >= 0.3 is 0 Å². The fourth-order valence-electron chi connectivity index (χ4n) is 4.90. The number of nitro groups is 1. The highest BCUT2D eigenvalue weighted by atomic mass is 32.2. The Morgan fingerprint density at radius 2 is 1.80 bits per heavy atom. The van der Waals surface area contributed by atoms with E-state index in [1.807, 2.05) is 30.3 Å². The van der Waals surface area contributed by atoms with Crippen LogP contribution in [0.1, 0.15) is 11.5 Å². The number of benzene rings is 2. The van der Waals surface area contributed by atoms with Crippen molar-refractivity contribution in [1.82, 2.24) is 9.21 Å². The molecular weight excluding hydrogens is 406 g/mol. The number of rotatable bonds is 7. The van der Waals surface area contributed by atoms with E-state index in [9.17, 15) is 23.6 Å². The van der Waals surface area contributed by atoms with Crippen LogP contribution in [0.4, 0.5) is 5.69 Å². The van der Waals surface area contributed by atoms with E-state index in [0.29, 0.717) is 6.54 Å². The summed E-state index contributed by atoms with van der Waals surface area (Å²) in [6, 6.07) is 15.0. The van der Waals surface area contributed by atoms with Gasteiger partial charge in [0.15, 0.2) is 4.90 Å². The largest absolute Gasteiger partial charge is 0.395 e. The average Bonchev–Trinajstić information content (AvgIpc) is 2.70. The number of hydrogen-bond donors (Lipinski definition) is 1. The molecule has 1 spiro atoms. The molecule has 0 bridgehead atoms. The Hall–Kier alpha value is -2.59. The molecule has 2 aromatic carbocycles. The van der Waals surface area contributed by atoms with Crippen LogP contribution < -0.4 is 0 Å². The second kappa shape index (κ2) is 7.59. The normalized spacial score (nSPS) is 23.5. The summed E-state index contributed by atoms with van der Waals surface area (Å²) in [4.78, 5) is 12.4. The number of nitro benzene ring substituents is 1. The lowest BCUT2D eigenvalue weighted by atomic mass is 9.61. The summed E-state index contributed by atoms with van der Waals surface area (Å²) >= 11 is 0. The van der Waals surface area contributed by atoms with Gasteiger partial charge in [-0.05, 0) is 11.6 Å². The van der Waals surface area contributed by atoms with Crippen LogP contribution in [0.2, 0.25) is 0 Å². The van der Waals surface area contributed by atoms with Crippen LogP contribution in [0.15, 0.2) is 72.1 Å². The fraction of sp³-hybridized carbons (Fsp3) is 0.333. The monoisotopic (exact) mass is 429 g/mol. The lowest BCUT2D eigenvalue weighted by Gasteiger charge is -2.70. The van der Waals surface area contributed by atoms with Crippen LogP contribution in [-0.2, 0) is 10.0 Å². The topological polar surface area (TPSA) is 104 Å². The molecule has 2 fully saturated rings. The lowest BCUT2D eigenvalue weighted by molar-refractivity contribution is -0.387. The third-order valence-corrected chi connectivity index (χ3v) is 8.03. The first-order valence-corrected chi connectivity index (χ1v) is 11.1. The number of aliphatic hydroxyl groups excluding tert-OH is 1. The van der Waals surface area contributed by atoms with Crippen molar-refractivity contribution in [2.45, 2.75) is 22.4 Å². The van der Waals surface area contributed by atoms with Gasteiger partial charge in [-0.15, -0.1) is 6.58 Å². The fourth-order valence-corrected chi connectivity index (χ4v) is 6.62. The first-order valence-electron chi connectivity index (χ1n) is 9.64. The molecule has 0 radical (unpaired) electrons. The van der Waals surface area contributed by atoms with Crippen LogP contribution >= 0.6 is 0 Å². The molecule has 158 valence electrons.